The second-order valence-electron chi connectivity index (χ2n) is 5.44. The van der Waals surface area contributed by atoms with Gasteiger partial charge in [0.25, 0.3) is 0 Å². The van der Waals surface area contributed by atoms with Gasteiger partial charge in [-0.1, -0.05) is 23.7 Å². The maximum Gasteiger partial charge on any atom is 0.0444 e. The molecule has 1 aromatic carbocycles. The number of nitrogens with zero attached hydrogens (tertiary/aromatic N) is 1. The third kappa shape index (κ3) is 3.46. The van der Waals surface area contributed by atoms with Crippen LogP contribution < -0.4 is 5.32 Å². The molecule has 2 heterocycles. The molecule has 1 N–H and O–H groups in total. The topological polar surface area (TPSA) is 15.3 Å². The van der Waals surface area contributed by atoms with E-state index in [-0.39, 0.29) is 0 Å². The summed E-state index contributed by atoms with van der Waals surface area (Å²) < 4.78 is 0. The van der Waals surface area contributed by atoms with Gasteiger partial charge >= 0.3 is 0 Å². The Morgan fingerprint density at radius 1 is 1.32 bits per heavy atom. The van der Waals surface area contributed by atoms with Crippen LogP contribution in [0.15, 0.2) is 18.2 Å². The van der Waals surface area contributed by atoms with E-state index in [2.05, 4.69) is 28.4 Å². The molecule has 0 aromatic heterocycles. The summed E-state index contributed by atoms with van der Waals surface area (Å²) in [7, 11) is 0. The zero-order valence-corrected chi connectivity index (χ0v) is 12.8. The lowest BCUT2D eigenvalue weighted by Gasteiger charge is -2.27. The van der Waals surface area contributed by atoms with E-state index in [1.807, 2.05) is 11.8 Å². The molecule has 104 valence electrons. The van der Waals surface area contributed by atoms with Crippen LogP contribution in [0.5, 0.6) is 0 Å². The maximum atomic E-state index is 6.49. The first-order chi connectivity index (χ1) is 9.33. The Morgan fingerprint density at radius 3 is 2.84 bits per heavy atom. The number of hydrogen-bond donors (Lipinski definition) is 1. The molecule has 2 aliphatic heterocycles. The van der Waals surface area contributed by atoms with Crippen LogP contribution in [-0.4, -0.2) is 42.6 Å². The summed E-state index contributed by atoms with van der Waals surface area (Å²) >= 11 is 8.53. The lowest BCUT2D eigenvalue weighted by Crippen LogP contribution is -2.42. The minimum absolute atomic E-state index is 0.672. The predicted octanol–water partition coefficient (Wildman–Crippen LogP) is 2.97. The van der Waals surface area contributed by atoms with Gasteiger partial charge < -0.3 is 5.32 Å². The van der Waals surface area contributed by atoms with Crippen LogP contribution in [0.25, 0.3) is 0 Å². The molecule has 1 unspecified atom stereocenters. The van der Waals surface area contributed by atoms with E-state index in [4.69, 9.17) is 11.6 Å². The highest BCUT2D eigenvalue weighted by atomic mass is 35.5. The van der Waals surface area contributed by atoms with E-state index in [1.54, 1.807) is 0 Å². The lowest BCUT2D eigenvalue weighted by molar-refractivity contribution is 0.233. The first-order valence-electron chi connectivity index (χ1n) is 7.12. The monoisotopic (exact) mass is 296 g/mol. The fourth-order valence-electron chi connectivity index (χ4n) is 2.91. The second kappa shape index (κ2) is 6.49. The number of nitrogens with one attached hydrogen (secondary N) is 1. The van der Waals surface area contributed by atoms with Crippen molar-refractivity contribution in [1.29, 1.82) is 0 Å². The van der Waals surface area contributed by atoms with Gasteiger partial charge in [0.2, 0.25) is 0 Å². The minimum Gasteiger partial charge on any atom is -0.314 e. The van der Waals surface area contributed by atoms with Crippen molar-refractivity contribution in [2.24, 2.45) is 0 Å². The molecular formula is C15H21ClN2S. The Bertz CT molecular complexity index is 426. The largest absolute Gasteiger partial charge is 0.314 e. The Kier molecular flexibility index (Phi) is 4.69. The molecule has 1 atom stereocenters. The molecular weight excluding hydrogens is 276 g/mol. The Hall–Kier alpha value is -0.220. The van der Waals surface area contributed by atoms with Crippen molar-refractivity contribution in [2.75, 3.05) is 37.7 Å². The van der Waals surface area contributed by atoms with Gasteiger partial charge in [-0.25, -0.2) is 0 Å². The molecule has 2 nitrogen and oxygen atoms in total. The standard InChI is InChI=1S/C15H21ClN2S/c16-15-9-12(10-18-6-4-17-5-7-18)1-2-14(15)13-3-8-19-11-13/h1-2,9,13,17H,3-8,10-11H2. The van der Waals surface area contributed by atoms with E-state index >= 15 is 0 Å². The number of rotatable bonds is 3. The smallest absolute Gasteiger partial charge is 0.0444 e. The van der Waals surface area contributed by atoms with Crippen molar-refractivity contribution in [2.45, 2.75) is 18.9 Å². The first-order valence-corrected chi connectivity index (χ1v) is 8.65. The van der Waals surface area contributed by atoms with E-state index < -0.39 is 0 Å². The highest BCUT2D eigenvalue weighted by Gasteiger charge is 2.20. The minimum atomic E-state index is 0.672. The average Bonchev–Trinajstić information content (AvgIpc) is 2.94. The number of hydrogen-bond acceptors (Lipinski definition) is 3. The molecule has 0 amide bonds. The van der Waals surface area contributed by atoms with Gasteiger partial charge in [0, 0.05) is 43.5 Å². The fraction of sp³-hybridized carbons (Fsp3) is 0.600. The molecule has 3 rings (SSSR count). The number of thioether (sulfide) groups is 1. The van der Waals surface area contributed by atoms with E-state index in [1.165, 1.54) is 29.1 Å². The van der Waals surface area contributed by atoms with E-state index in [0.29, 0.717) is 5.92 Å². The van der Waals surface area contributed by atoms with Gasteiger partial charge in [0.05, 0.1) is 0 Å². The molecule has 19 heavy (non-hydrogen) atoms. The summed E-state index contributed by atoms with van der Waals surface area (Å²) in [5.74, 6) is 3.19. The molecule has 2 saturated heterocycles. The second-order valence-corrected chi connectivity index (χ2v) is 7.00. The van der Waals surface area contributed by atoms with Crippen molar-refractivity contribution in [3.05, 3.63) is 34.3 Å². The van der Waals surface area contributed by atoms with Crippen LogP contribution in [0.1, 0.15) is 23.5 Å². The molecule has 0 radical (unpaired) electrons. The van der Waals surface area contributed by atoms with Crippen LogP contribution >= 0.6 is 23.4 Å². The summed E-state index contributed by atoms with van der Waals surface area (Å²) in [6, 6.07) is 6.71. The molecule has 1 aromatic rings. The summed E-state index contributed by atoms with van der Waals surface area (Å²) in [5.41, 5.74) is 2.71. The summed E-state index contributed by atoms with van der Waals surface area (Å²) in [5, 5.41) is 4.36. The highest BCUT2D eigenvalue weighted by molar-refractivity contribution is 7.99. The van der Waals surface area contributed by atoms with Gasteiger partial charge in [-0.05, 0) is 35.3 Å². The zero-order valence-electron chi connectivity index (χ0n) is 11.2. The lowest BCUT2D eigenvalue weighted by atomic mass is 9.97. The summed E-state index contributed by atoms with van der Waals surface area (Å²) in [4.78, 5) is 2.49. The maximum absolute atomic E-state index is 6.49. The Morgan fingerprint density at radius 2 is 2.16 bits per heavy atom. The summed E-state index contributed by atoms with van der Waals surface area (Å²) in [6.45, 7) is 5.51. The third-order valence-electron chi connectivity index (χ3n) is 4.05. The Labute approximate surface area is 124 Å². The molecule has 0 bridgehead atoms. The summed E-state index contributed by atoms with van der Waals surface area (Å²) in [6.07, 6.45) is 1.28. The van der Waals surface area contributed by atoms with Gasteiger partial charge in [-0.2, -0.15) is 11.8 Å². The predicted molar refractivity (Wildman–Crippen MR) is 84.3 cm³/mol. The third-order valence-corrected chi connectivity index (χ3v) is 5.54. The van der Waals surface area contributed by atoms with Crippen LogP contribution in [-0.2, 0) is 6.54 Å². The molecule has 0 aliphatic carbocycles. The van der Waals surface area contributed by atoms with Crippen molar-refractivity contribution >= 4 is 23.4 Å². The SMILES string of the molecule is Clc1cc(CN2CCNCC2)ccc1C1CCSC1. The van der Waals surface area contributed by atoms with Gasteiger partial charge in [-0.15, -0.1) is 0 Å². The van der Waals surface area contributed by atoms with Gasteiger partial charge in [0.1, 0.15) is 0 Å². The Balaban J connectivity index is 1.67. The fourth-order valence-corrected chi connectivity index (χ4v) is 4.51. The number of benzene rings is 1. The van der Waals surface area contributed by atoms with Gasteiger partial charge in [0.15, 0.2) is 0 Å². The van der Waals surface area contributed by atoms with Gasteiger partial charge in [-0.3, -0.25) is 4.90 Å². The molecule has 0 saturated carbocycles. The average molecular weight is 297 g/mol. The van der Waals surface area contributed by atoms with Crippen LogP contribution in [0.2, 0.25) is 5.02 Å². The van der Waals surface area contributed by atoms with Crippen molar-refractivity contribution < 1.29 is 0 Å². The molecule has 4 heteroatoms. The highest BCUT2D eigenvalue weighted by Crippen LogP contribution is 2.36. The quantitative estimate of drug-likeness (QED) is 0.923. The molecule has 0 spiro atoms. The van der Waals surface area contributed by atoms with Crippen molar-refractivity contribution in [3.8, 4) is 0 Å². The van der Waals surface area contributed by atoms with E-state index in [0.717, 1.165) is 37.7 Å². The van der Waals surface area contributed by atoms with Crippen LogP contribution in [0.4, 0.5) is 0 Å². The van der Waals surface area contributed by atoms with Crippen LogP contribution in [0.3, 0.4) is 0 Å². The number of piperazine rings is 1. The van der Waals surface area contributed by atoms with Crippen LogP contribution in [0, 0.1) is 0 Å². The normalized spacial score (nSPS) is 24.8. The van der Waals surface area contributed by atoms with Crippen molar-refractivity contribution in [1.82, 2.24) is 10.2 Å². The first kappa shape index (κ1) is 13.7. The van der Waals surface area contributed by atoms with E-state index in [9.17, 15) is 0 Å². The number of halogens is 1. The molecule has 2 fully saturated rings. The molecule has 2 aliphatic rings. The van der Waals surface area contributed by atoms with Crippen molar-refractivity contribution in [3.63, 3.8) is 0 Å². The zero-order chi connectivity index (χ0) is 13.1.